The number of aromatic hydroxyl groups is 1. The number of amides is 1. The average molecular weight is 535 g/mol. The predicted molar refractivity (Wildman–Crippen MR) is 150 cm³/mol. The van der Waals surface area contributed by atoms with Gasteiger partial charge in [0.05, 0.1) is 12.0 Å². The number of benzene rings is 3. The maximum Gasteiger partial charge on any atom is 0.250 e. The first-order valence-electron chi connectivity index (χ1n) is 11.8. The van der Waals surface area contributed by atoms with Gasteiger partial charge in [0, 0.05) is 46.7 Å². The molecular formula is C27H27ClN6O2S. The fourth-order valence-corrected chi connectivity index (χ4v) is 4.59. The number of thioether (sulfide) groups is 1. The van der Waals surface area contributed by atoms with E-state index in [1.807, 2.05) is 53.1 Å². The second-order valence-electron chi connectivity index (χ2n) is 7.98. The lowest BCUT2D eigenvalue weighted by Gasteiger charge is -2.21. The minimum atomic E-state index is -0.309. The van der Waals surface area contributed by atoms with Gasteiger partial charge in [-0.2, -0.15) is 5.10 Å². The molecule has 10 heteroatoms. The molecule has 1 heterocycles. The van der Waals surface area contributed by atoms with Crippen molar-refractivity contribution in [2.75, 3.05) is 23.7 Å². The number of nitrogens with zero attached hydrogens (tertiary/aromatic N) is 5. The van der Waals surface area contributed by atoms with E-state index in [-0.39, 0.29) is 17.4 Å². The predicted octanol–water partition coefficient (Wildman–Crippen LogP) is 5.38. The molecule has 0 spiro atoms. The summed E-state index contributed by atoms with van der Waals surface area (Å²) in [6.07, 6.45) is 1.43. The number of carbonyl (C=O) groups is 1. The molecule has 0 aliphatic rings. The highest BCUT2D eigenvalue weighted by molar-refractivity contribution is 7.99. The van der Waals surface area contributed by atoms with Gasteiger partial charge in [0.2, 0.25) is 0 Å². The van der Waals surface area contributed by atoms with Crippen LogP contribution in [0.15, 0.2) is 83.1 Å². The van der Waals surface area contributed by atoms with Crippen molar-refractivity contribution in [3.05, 3.63) is 83.4 Å². The number of anilines is 1. The Kier molecular flexibility index (Phi) is 8.81. The van der Waals surface area contributed by atoms with E-state index in [1.165, 1.54) is 18.0 Å². The zero-order chi connectivity index (χ0) is 26.2. The number of para-hydroxylation sites is 1. The molecule has 0 aliphatic carbocycles. The van der Waals surface area contributed by atoms with E-state index < -0.39 is 0 Å². The fraction of sp³-hybridized carbons (Fsp3) is 0.185. The molecule has 0 saturated carbocycles. The number of carbonyl (C=O) groups excluding carboxylic acids is 1. The first-order valence-corrected chi connectivity index (χ1v) is 13.2. The van der Waals surface area contributed by atoms with E-state index in [4.69, 9.17) is 11.6 Å². The Bertz CT molecular complexity index is 1370. The summed E-state index contributed by atoms with van der Waals surface area (Å²) in [6, 6.07) is 22.4. The number of hydrogen-bond acceptors (Lipinski definition) is 7. The molecule has 0 radical (unpaired) electrons. The van der Waals surface area contributed by atoms with Gasteiger partial charge in [-0.05, 0) is 62.4 Å². The Hall–Kier alpha value is -3.82. The topological polar surface area (TPSA) is 95.6 Å². The van der Waals surface area contributed by atoms with Crippen molar-refractivity contribution in [2.24, 2.45) is 5.10 Å². The summed E-state index contributed by atoms with van der Waals surface area (Å²) in [6.45, 7) is 5.81. The van der Waals surface area contributed by atoms with Crippen LogP contribution in [0.1, 0.15) is 19.4 Å². The molecule has 190 valence electrons. The molecule has 37 heavy (non-hydrogen) atoms. The molecule has 4 rings (SSSR count). The van der Waals surface area contributed by atoms with Gasteiger partial charge < -0.3 is 10.0 Å². The van der Waals surface area contributed by atoms with E-state index in [0.717, 1.165) is 30.0 Å². The van der Waals surface area contributed by atoms with Crippen LogP contribution in [0, 0.1) is 0 Å². The van der Waals surface area contributed by atoms with Gasteiger partial charge in [-0.1, -0.05) is 41.6 Å². The van der Waals surface area contributed by atoms with E-state index in [9.17, 15) is 9.90 Å². The molecule has 1 aromatic heterocycles. The van der Waals surface area contributed by atoms with Crippen LogP contribution in [0.4, 0.5) is 5.69 Å². The molecule has 4 aromatic rings. The van der Waals surface area contributed by atoms with Crippen molar-refractivity contribution in [2.45, 2.75) is 19.0 Å². The van der Waals surface area contributed by atoms with Gasteiger partial charge in [-0.3, -0.25) is 9.36 Å². The molecule has 0 saturated heterocycles. The van der Waals surface area contributed by atoms with Crippen molar-refractivity contribution >= 4 is 41.2 Å². The van der Waals surface area contributed by atoms with Crippen LogP contribution < -0.4 is 10.3 Å². The van der Waals surface area contributed by atoms with Crippen molar-refractivity contribution in [3.63, 3.8) is 0 Å². The van der Waals surface area contributed by atoms with Crippen molar-refractivity contribution in [1.29, 1.82) is 0 Å². The second-order valence-corrected chi connectivity index (χ2v) is 9.36. The Morgan fingerprint density at radius 3 is 2.49 bits per heavy atom. The van der Waals surface area contributed by atoms with Crippen LogP contribution in [0.3, 0.4) is 0 Å². The first kappa shape index (κ1) is 26.2. The number of phenols is 1. The molecule has 2 N–H and O–H groups in total. The van der Waals surface area contributed by atoms with Crippen LogP contribution >= 0.6 is 23.4 Å². The molecule has 0 atom stereocenters. The van der Waals surface area contributed by atoms with Gasteiger partial charge in [0.1, 0.15) is 5.75 Å². The quantitative estimate of drug-likeness (QED) is 0.161. The van der Waals surface area contributed by atoms with Crippen molar-refractivity contribution < 1.29 is 9.90 Å². The van der Waals surface area contributed by atoms with Gasteiger partial charge in [0.25, 0.3) is 5.91 Å². The third-order valence-electron chi connectivity index (χ3n) is 5.62. The third kappa shape index (κ3) is 6.49. The molecular weight excluding hydrogens is 508 g/mol. The smallest absolute Gasteiger partial charge is 0.250 e. The van der Waals surface area contributed by atoms with Gasteiger partial charge >= 0.3 is 0 Å². The number of halogens is 1. The third-order valence-corrected chi connectivity index (χ3v) is 6.80. The van der Waals surface area contributed by atoms with Gasteiger partial charge in [-0.25, -0.2) is 5.43 Å². The number of rotatable bonds is 10. The zero-order valence-corrected chi connectivity index (χ0v) is 22.1. The maximum absolute atomic E-state index is 12.5. The van der Waals surface area contributed by atoms with Gasteiger partial charge in [0.15, 0.2) is 11.0 Å². The van der Waals surface area contributed by atoms with Crippen LogP contribution in [0.2, 0.25) is 5.02 Å². The highest BCUT2D eigenvalue weighted by Gasteiger charge is 2.17. The molecule has 0 unspecified atom stereocenters. The maximum atomic E-state index is 12.5. The fourth-order valence-electron chi connectivity index (χ4n) is 3.72. The van der Waals surface area contributed by atoms with E-state index >= 15 is 0 Å². The number of hydrogen-bond donors (Lipinski definition) is 2. The monoisotopic (exact) mass is 534 g/mol. The number of aromatic nitrogens is 3. The summed E-state index contributed by atoms with van der Waals surface area (Å²) in [4.78, 5) is 14.6. The zero-order valence-electron chi connectivity index (χ0n) is 20.5. The Morgan fingerprint density at radius 2 is 1.81 bits per heavy atom. The second kappa shape index (κ2) is 12.4. The number of phenolic OH excluding ortho intramolecular Hbond substituents is 1. The van der Waals surface area contributed by atoms with E-state index in [1.54, 1.807) is 24.3 Å². The lowest BCUT2D eigenvalue weighted by molar-refractivity contribution is -0.118. The van der Waals surface area contributed by atoms with Crippen molar-refractivity contribution in [1.82, 2.24) is 20.2 Å². The minimum absolute atomic E-state index is 0.0792. The van der Waals surface area contributed by atoms with Crippen molar-refractivity contribution in [3.8, 4) is 22.8 Å². The van der Waals surface area contributed by atoms with Crippen LogP contribution in [0.25, 0.3) is 17.1 Å². The number of nitrogens with one attached hydrogen (secondary N) is 1. The molecule has 0 bridgehead atoms. The normalized spacial score (nSPS) is 11.1. The van der Waals surface area contributed by atoms with E-state index in [0.29, 0.717) is 21.6 Å². The summed E-state index contributed by atoms with van der Waals surface area (Å²) in [5.74, 6) is 0.515. The Morgan fingerprint density at radius 1 is 1.08 bits per heavy atom. The Labute approximate surface area is 225 Å². The number of hydrazone groups is 1. The summed E-state index contributed by atoms with van der Waals surface area (Å²) in [7, 11) is 0. The minimum Gasteiger partial charge on any atom is -0.507 e. The van der Waals surface area contributed by atoms with E-state index in [2.05, 4.69) is 39.5 Å². The van der Waals surface area contributed by atoms with Crippen LogP contribution in [0.5, 0.6) is 5.75 Å². The first-order chi connectivity index (χ1) is 18.0. The lowest BCUT2D eigenvalue weighted by atomic mass is 10.2. The van der Waals surface area contributed by atoms with Crippen LogP contribution in [-0.2, 0) is 4.79 Å². The summed E-state index contributed by atoms with van der Waals surface area (Å²) < 4.78 is 1.90. The summed E-state index contributed by atoms with van der Waals surface area (Å²) >= 11 is 7.30. The highest BCUT2D eigenvalue weighted by Crippen LogP contribution is 2.28. The molecule has 0 aliphatic heterocycles. The summed E-state index contributed by atoms with van der Waals surface area (Å²) in [5, 5.41) is 24.2. The largest absolute Gasteiger partial charge is 0.507 e. The van der Waals surface area contributed by atoms with Gasteiger partial charge in [-0.15, -0.1) is 10.2 Å². The standard InChI is InChI=1S/C27H27ClN6O2S/c1-3-33(4-2)23-15-12-20(24(35)16-23)17-29-30-25(36)18-37-27-32-31-26(19-10-13-21(28)14-11-19)34(27)22-8-6-5-7-9-22/h5-17,35H,3-4,18H2,1-2H3,(H,30,36)/b29-17+. The average Bonchev–Trinajstić information content (AvgIpc) is 3.34. The highest BCUT2D eigenvalue weighted by atomic mass is 35.5. The molecule has 8 nitrogen and oxygen atoms in total. The molecule has 3 aromatic carbocycles. The summed E-state index contributed by atoms with van der Waals surface area (Å²) in [5.41, 5.74) is 5.69. The Balaban J connectivity index is 1.44. The molecule has 0 fully saturated rings. The van der Waals surface area contributed by atoms with Crippen LogP contribution in [-0.4, -0.2) is 50.8 Å². The lowest BCUT2D eigenvalue weighted by Crippen LogP contribution is -2.21. The SMILES string of the molecule is CCN(CC)c1ccc(/C=N/NC(=O)CSc2nnc(-c3ccc(Cl)cc3)n2-c2ccccc2)c(O)c1. The molecule has 1 amide bonds.